The Hall–Kier alpha value is -0.0900. The van der Waals surface area contributed by atoms with Gasteiger partial charge in [-0.1, -0.05) is 29.8 Å². The van der Waals surface area contributed by atoms with Crippen molar-refractivity contribution >= 4 is 24.0 Å². The number of benzene rings is 1. The first-order valence-electron chi connectivity index (χ1n) is 3.53. The lowest BCUT2D eigenvalue weighted by atomic mass is 10.1. The van der Waals surface area contributed by atoms with E-state index in [4.69, 9.17) is 0 Å². The zero-order chi connectivity index (χ0) is 7.40. The van der Waals surface area contributed by atoms with Gasteiger partial charge in [0.25, 0.3) is 0 Å². The van der Waals surface area contributed by atoms with Crippen LogP contribution in [0.25, 0.3) is 0 Å². The summed E-state index contributed by atoms with van der Waals surface area (Å²) in [5.41, 5.74) is 2.66. The average molecular weight is 265 g/mol. The van der Waals surface area contributed by atoms with E-state index in [-0.39, 0.29) is 25.4 Å². The maximum Gasteiger partial charge on any atom is 0.0202 e. The molecule has 11 heavy (non-hydrogen) atoms. The molecule has 0 aliphatic heterocycles. The third-order valence-electron chi connectivity index (χ3n) is 1.50. The Morgan fingerprint density at radius 2 is 1.82 bits per heavy atom. The molecule has 0 fully saturated rings. The number of aryl methyl sites for hydroxylation is 1. The van der Waals surface area contributed by atoms with Crippen molar-refractivity contribution in [3.05, 3.63) is 35.4 Å². The second kappa shape index (κ2) is 5.55. The summed E-state index contributed by atoms with van der Waals surface area (Å²) in [5.74, 6) is 0. The Labute approximate surface area is 86.7 Å². The smallest absolute Gasteiger partial charge is 0.0202 e. The zero-order valence-electron chi connectivity index (χ0n) is 6.92. The minimum absolute atomic E-state index is 0. The molecule has 1 N–H and O–H groups in total. The highest BCUT2D eigenvalue weighted by molar-refractivity contribution is 14.0. The highest BCUT2D eigenvalue weighted by atomic mass is 127. The highest BCUT2D eigenvalue weighted by Crippen LogP contribution is 2.01. The van der Waals surface area contributed by atoms with Crippen LogP contribution in [0, 0.1) is 6.92 Å². The van der Waals surface area contributed by atoms with Gasteiger partial charge in [-0.3, -0.25) is 0 Å². The summed E-state index contributed by atoms with van der Waals surface area (Å²) >= 11 is 0. The first kappa shape index (κ1) is 10.9. The van der Waals surface area contributed by atoms with Crippen molar-refractivity contribution in [1.29, 1.82) is 0 Å². The highest BCUT2D eigenvalue weighted by Gasteiger charge is 1.87. The standard InChI is InChI=1S/C9H13N.HI.H2/c1-8-3-5-9(6-4-8)7-10-2;;/h3-6,10H,7H2,1-2H3;2*1H. The van der Waals surface area contributed by atoms with E-state index in [9.17, 15) is 0 Å². The molecule has 0 amide bonds. The molecule has 0 saturated heterocycles. The van der Waals surface area contributed by atoms with Crippen molar-refractivity contribution in [3.8, 4) is 0 Å². The van der Waals surface area contributed by atoms with Gasteiger partial charge in [0.2, 0.25) is 0 Å². The summed E-state index contributed by atoms with van der Waals surface area (Å²) in [6.07, 6.45) is 0. The molecular weight excluding hydrogens is 249 g/mol. The molecule has 0 aromatic heterocycles. The van der Waals surface area contributed by atoms with Gasteiger partial charge < -0.3 is 5.32 Å². The van der Waals surface area contributed by atoms with E-state index < -0.39 is 0 Å². The summed E-state index contributed by atoms with van der Waals surface area (Å²) in [5, 5.41) is 3.10. The van der Waals surface area contributed by atoms with Gasteiger partial charge in [0.05, 0.1) is 0 Å². The molecule has 0 heterocycles. The molecule has 0 atom stereocenters. The van der Waals surface area contributed by atoms with Crippen LogP contribution in [-0.4, -0.2) is 7.05 Å². The molecule has 0 aliphatic rings. The largest absolute Gasteiger partial charge is 0.316 e. The van der Waals surface area contributed by atoms with Gasteiger partial charge in [-0.05, 0) is 19.5 Å². The van der Waals surface area contributed by atoms with Crippen LogP contribution in [0.15, 0.2) is 24.3 Å². The molecule has 64 valence electrons. The molecule has 2 heteroatoms. The van der Waals surface area contributed by atoms with E-state index in [0.717, 1.165) is 6.54 Å². The van der Waals surface area contributed by atoms with E-state index in [1.807, 2.05) is 7.05 Å². The molecule has 1 aromatic carbocycles. The van der Waals surface area contributed by atoms with Gasteiger partial charge in [0.15, 0.2) is 0 Å². The zero-order valence-corrected chi connectivity index (χ0v) is 9.26. The van der Waals surface area contributed by atoms with Gasteiger partial charge in [0.1, 0.15) is 0 Å². The maximum atomic E-state index is 3.10. The molecule has 0 bridgehead atoms. The van der Waals surface area contributed by atoms with Crippen LogP contribution in [0.1, 0.15) is 12.6 Å². The monoisotopic (exact) mass is 265 g/mol. The van der Waals surface area contributed by atoms with E-state index in [1.54, 1.807) is 0 Å². The number of rotatable bonds is 2. The fourth-order valence-corrected chi connectivity index (χ4v) is 0.910. The Bertz CT molecular complexity index is 198. The summed E-state index contributed by atoms with van der Waals surface area (Å²) < 4.78 is 0. The lowest BCUT2D eigenvalue weighted by molar-refractivity contribution is 0.817. The van der Waals surface area contributed by atoms with Crippen molar-refractivity contribution in [2.45, 2.75) is 13.5 Å². The Kier molecular flexibility index (Phi) is 5.50. The normalized spacial score (nSPS) is 8.91. The minimum atomic E-state index is 0. The van der Waals surface area contributed by atoms with Crippen LogP contribution in [0.4, 0.5) is 0 Å². The average Bonchev–Trinajstić information content (AvgIpc) is 1.95. The number of hydrogen-bond donors (Lipinski definition) is 1. The van der Waals surface area contributed by atoms with Gasteiger partial charge in [-0.2, -0.15) is 0 Å². The third-order valence-corrected chi connectivity index (χ3v) is 1.50. The number of hydrogen-bond acceptors (Lipinski definition) is 1. The maximum absolute atomic E-state index is 3.10. The fourth-order valence-electron chi connectivity index (χ4n) is 0.910. The lowest BCUT2D eigenvalue weighted by Gasteiger charge is -1.98. The minimum Gasteiger partial charge on any atom is -0.316 e. The van der Waals surface area contributed by atoms with Crippen LogP contribution >= 0.6 is 24.0 Å². The van der Waals surface area contributed by atoms with Gasteiger partial charge >= 0.3 is 0 Å². The van der Waals surface area contributed by atoms with Crippen molar-refractivity contribution in [1.82, 2.24) is 5.32 Å². The van der Waals surface area contributed by atoms with Crippen molar-refractivity contribution in [2.75, 3.05) is 7.05 Å². The predicted octanol–water partition coefficient (Wildman–Crippen LogP) is 2.58. The molecule has 0 unspecified atom stereocenters. The topological polar surface area (TPSA) is 12.0 Å². The number of halogens is 1. The molecule has 1 aromatic rings. The van der Waals surface area contributed by atoms with Crippen molar-refractivity contribution < 1.29 is 1.43 Å². The summed E-state index contributed by atoms with van der Waals surface area (Å²) in [4.78, 5) is 0. The fraction of sp³-hybridized carbons (Fsp3) is 0.333. The molecule has 0 aliphatic carbocycles. The van der Waals surface area contributed by atoms with E-state index in [2.05, 4.69) is 36.5 Å². The van der Waals surface area contributed by atoms with E-state index in [1.165, 1.54) is 11.1 Å². The first-order valence-corrected chi connectivity index (χ1v) is 3.53. The second-order valence-electron chi connectivity index (χ2n) is 2.52. The third kappa shape index (κ3) is 3.72. The molecule has 1 nitrogen and oxygen atoms in total. The van der Waals surface area contributed by atoms with Crippen LogP contribution in [0.3, 0.4) is 0 Å². The second-order valence-corrected chi connectivity index (χ2v) is 2.52. The Balaban J connectivity index is 0. The first-order chi connectivity index (χ1) is 4.83. The summed E-state index contributed by atoms with van der Waals surface area (Å²) in [7, 11) is 1.96. The SMILES string of the molecule is CNCc1ccc(C)cc1.I.[HH]. The van der Waals surface area contributed by atoms with Crippen LogP contribution in [0.5, 0.6) is 0 Å². The summed E-state index contributed by atoms with van der Waals surface area (Å²) in [6.45, 7) is 3.06. The van der Waals surface area contributed by atoms with Gasteiger partial charge in [-0.25, -0.2) is 0 Å². The Morgan fingerprint density at radius 3 is 2.27 bits per heavy atom. The van der Waals surface area contributed by atoms with Crippen molar-refractivity contribution in [2.24, 2.45) is 0 Å². The molecule has 0 radical (unpaired) electrons. The van der Waals surface area contributed by atoms with Gasteiger partial charge in [0, 0.05) is 7.97 Å². The van der Waals surface area contributed by atoms with Crippen LogP contribution in [0.2, 0.25) is 0 Å². The molecule has 1 rings (SSSR count). The quantitative estimate of drug-likeness (QED) is 0.810. The molecule has 0 saturated carbocycles. The molecule has 0 spiro atoms. The predicted molar refractivity (Wildman–Crippen MR) is 61.5 cm³/mol. The van der Waals surface area contributed by atoms with E-state index in [0.29, 0.717) is 0 Å². The molecular formula is C9H16IN. The number of nitrogens with one attached hydrogen (secondary N) is 1. The summed E-state index contributed by atoms with van der Waals surface area (Å²) in [6, 6.07) is 8.55. The van der Waals surface area contributed by atoms with Crippen LogP contribution in [-0.2, 0) is 6.54 Å². The lowest BCUT2D eigenvalue weighted by Crippen LogP contribution is -2.04. The van der Waals surface area contributed by atoms with Gasteiger partial charge in [-0.15, -0.1) is 24.0 Å². The Morgan fingerprint density at radius 1 is 1.27 bits per heavy atom. The van der Waals surface area contributed by atoms with E-state index >= 15 is 0 Å². The van der Waals surface area contributed by atoms with Crippen LogP contribution < -0.4 is 5.32 Å². The van der Waals surface area contributed by atoms with Crippen molar-refractivity contribution in [3.63, 3.8) is 0 Å².